The summed E-state index contributed by atoms with van der Waals surface area (Å²) >= 11 is 13.4. The van der Waals surface area contributed by atoms with Crippen molar-refractivity contribution >= 4 is 46.0 Å². The molecular weight excluding hydrogens is 331 g/mol. The van der Waals surface area contributed by atoms with Gasteiger partial charge in [0.05, 0.1) is 16.6 Å². The fourth-order valence-corrected chi connectivity index (χ4v) is 2.86. The van der Waals surface area contributed by atoms with E-state index in [2.05, 4.69) is 10.3 Å². The van der Waals surface area contributed by atoms with E-state index in [4.69, 9.17) is 27.6 Å². The van der Waals surface area contributed by atoms with E-state index >= 15 is 0 Å². The number of amides is 1. The van der Waals surface area contributed by atoms with Crippen LogP contribution in [-0.2, 0) is 0 Å². The number of nitrogens with one attached hydrogen (secondary N) is 1. The smallest absolute Gasteiger partial charge is 0.292 e. The predicted octanol–water partition coefficient (Wildman–Crippen LogP) is 4.09. The van der Waals surface area contributed by atoms with Gasteiger partial charge in [0.1, 0.15) is 5.76 Å². The van der Waals surface area contributed by atoms with E-state index < -0.39 is 0 Å². The highest BCUT2D eigenvalue weighted by Gasteiger charge is 2.16. The Balaban J connectivity index is 1.79. The Labute approximate surface area is 135 Å². The number of benzene rings is 1. The number of nitrogens with zero attached hydrogens (tertiary/aromatic N) is 1. The number of furan rings is 1. The SMILES string of the molecule is O=C(NC1=NCCS1)c1ccc(-c2ccc(Cl)c(Cl)c2)o1. The topological polar surface area (TPSA) is 54.6 Å². The molecule has 0 aliphatic carbocycles. The standard InChI is InChI=1S/C14H10Cl2N2O2S/c15-9-2-1-8(7-10(9)16)11-3-4-12(20-11)13(19)18-14-17-5-6-21-14/h1-4,7H,5-6H2,(H,17,18,19). The maximum Gasteiger partial charge on any atom is 0.292 e. The van der Waals surface area contributed by atoms with Crippen molar-refractivity contribution in [3.8, 4) is 11.3 Å². The molecule has 3 rings (SSSR count). The summed E-state index contributed by atoms with van der Waals surface area (Å²) in [6, 6.07) is 8.50. The highest BCUT2D eigenvalue weighted by molar-refractivity contribution is 8.14. The van der Waals surface area contributed by atoms with Crippen molar-refractivity contribution in [1.82, 2.24) is 5.32 Å². The van der Waals surface area contributed by atoms with Crippen LogP contribution >= 0.6 is 35.0 Å². The third kappa shape index (κ3) is 3.26. The van der Waals surface area contributed by atoms with Crippen molar-refractivity contribution in [3.63, 3.8) is 0 Å². The number of hydrogen-bond acceptors (Lipinski definition) is 4. The van der Waals surface area contributed by atoms with Gasteiger partial charge in [0, 0.05) is 11.3 Å². The van der Waals surface area contributed by atoms with Gasteiger partial charge in [-0.15, -0.1) is 0 Å². The van der Waals surface area contributed by atoms with Crippen LogP contribution in [0.5, 0.6) is 0 Å². The van der Waals surface area contributed by atoms with E-state index in [1.165, 1.54) is 11.8 Å². The molecule has 0 saturated carbocycles. The van der Waals surface area contributed by atoms with E-state index in [1.807, 2.05) is 0 Å². The molecule has 1 aromatic carbocycles. The molecule has 1 N–H and O–H groups in total. The van der Waals surface area contributed by atoms with Crippen molar-refractivity contribution in [2.24, 2.45) is 4.99 Å². The Kier molecular flexibility index (Phi) is 4.24. The molecule has 0 fully saturated rings. The number of amidine groups is 1. The zero-order valence-corrected chi connectivity index (χ0v) is 13.1. The highest BCUT2D eigenvalue weighted by atomic mass is 35.5. The molecule has 4 nitrogen and oxygen atoms in total. The number of hydrogen-bond donors (Lipinski definition) is 1. The summed E-state index contributed by atoms with van der Waals surface area (Å²) in [5, 5.41) is 4.26. The first kappa shape index (κ1) is 14.5. The molecule has 0 bridgehead atoms. The number of thioether (sulfide) groups is 1. The van der Waals surface area contributed by atoms with Crippen molar-refractivity contribution in [1.29, 1.82) is 0 Å². The Bertz CT molecular complexity index is 728. The number of aliphatic imine (C=N–C) groups is 1. The van der Waals surface area contributed by atoms with Crippen LogP contribution in [0.1, 0.15) is 10.6 Å². The molecule has 0 atom stereocenters. The van der Waals surface area contributed by atoms with Gasteiger partial charge in [-0.2, -0.15) is 0 Å². The average molecular weight is 341 g/mol. The number of halogens is 2. The molecular formula is C14H10Cl2N2O2S. The first-order valence-corrected chi connectivity index (χ1v) is 7.91. The maximum absolute atomic E-state index is 12.0. The zero-order chi connectivity index (χ0) is 14.8. The van der Waals surface area contributed by atoms with Crippen LogP contribution in [0.15, 0.2) is 39.7 Å². The monoisotopic (exact) mass is 340 g/mol. The van der Waals surface area contributed by atoms with E-state index in [0.717, 1.165) is 17.9 Å². The average Bonchev–Trinajstić information content (AvgIpc) is 3.12. The van der Waals surface area contributed by atoms with Gasteiger partial charge in [-0.05, 0) is 30.3 Å². The quantitative estimate of drug-likeness (QED) is 0.895. The lowest BCUT2D eigenvalue weighted by Crippen LogP contribution is -2.26. The lowest BCUT2D eigenvalue weighted by molar-refractivity contribution is 0.0952. The summed E-state index contributed by atoms with van der Waals surface area (Å²) in [7, 11) is 0. The Morgan fingerprint density at radius 1 is 1.24 bits per heavy atom. The Morgan fingerprint density at radius 3 is 2.81 bits per heavy atom. The second-order valence-electron chi connectivity index (χ2n) is 4.28. The van der Waals surface area contributed by atoms with Crippen molar-refractivity contribution in [2.45, 2.75) is 0 Å². The number of carbonyl (C=O) groups excluding carboxylic acids is 1. The molecule has 1 aliphatic heterocycles. The van der Waals surface area contributed by atoms with Gasteiger partial charge in [0.15, 0.2) is 10.9 Å². The molecule has 1 aromatic heterocycles. The second kappa shape index (κ2) is 6.13. The minimum atomic E-state index is -0.311. The molecule has 0 saturated heterocycles. The number of carbonyl (C=O) groups is 1. The molecule has 0 unspecified atom stereocenters. The molecule has 0 spiro atoms. The second-order valence-corrected chi connectivity index (χ2v) is 6.18. The first-order valence-electron chi connectivity index (χ1n) is 6.17. The van der Waals surface area contributed by atoms with Gasteiger partial charge < -0.3 is 4.42 Å². The minimum absolute atomic E-state index is 0.228. The molecule has 0 radical (unpaired) electrons. The van der Waals surface area contributed by atoms with E-state index in [0.29, 0.717) is 21.0 Å². The summed E-state index contributed by atoms with van der Waals surface area (Å²) in [6.07, 6.45) is 0. The molecule has 21 heavy (non-hydrogen) atoms. The normalized spacial score (nSPS) is 14.1. The molecule has 1 aliphatic rings. The number of rotatable bonds is 2. The molecule has 2 heterocycles. The third-order valence-electron chi connectivity index (χ3n) is 2.84. The van der Waals surface area contributed by atoms with Crippen LogP contribution in [0.3, 0.4) is 0 Å². The van der Waals surface area contributed by atoms with Crippen molar-refractivity contribution < 1.29 is 9.21 Å². The third-order valence-corrected chi connectivity index (χ3v) is 4.47. The Morgan fingerprint density at radius 2 is 2.10 bits per heavy atom. The maximum atomic E-state index is 12.0. The van der Waals surface area contributed by atoms with Crippen LogP contribution in [0.2, 0.25) is 10.0 Å². The summed E-state index contributed by atoms with van der Waals surface area (Å²) < 4.78 is 5.56. The van der Waals surface area contributed by atoms with E-state index in [9.17, 15) is 4.79 Å². The lowest BCUT2D eigenvalue weighted by Gasteiger charge is -2.02. The summed E-state index contributed by atoms with van der Waals surface area (Å²) in [6.45, 7) is 0.729. The van der Waals surface area contributed by atoms with Crippen molar-refractivity contribution in [3.05, 3.63) is 46.1 Å². The van der Waals surface area contributed by atoms with Crippen molar-refractivity contribution in [2.75, 3.05) is 12.3 Å². The zero-order valence-electron chi connectivity index (χ0n) is 10.7. The van der Waals surface area contributed by atoms with Gasteiger partial charge in [-0.25, -0.2) is 0 Å². The fraction of sp³-hybridized carbons (Fsp3) is 0.143. The summed E-state index contributed by atoms with van der Waals surface area (Å²) in [5.41, 5.74) is 0.760. The summed E-state index contributed by atoms with van der Waals surface area (Å²) in [5.74, 6) is 1.36. The first-order chi connectivity index (χ1) is 10.1. The van der Waals surface area contributed by atoms with Crippen LogP contribution in [0.25, 0.3) is 11.3 Å². The Hall–Kier alpha value is -1.43. The fourth-order valence-electron chi connectivity index (χ4n) is 1.83. The van der Waals surface area contributed by atoms with Gasteiger partial charge in [0.2, 0.25) is 0 Å². The van der Waals surface area contributed by atoms with Gasteiger partial charge >= 0.3 is 0 Å². The van der Waals surface area contributed by atoms with Crippen LogP contribution < -0.4 is 5.32 Å². The van der Waals surface area contributed by atoms with Gasteiger partial charge in [0.25, 0.3) is 5.91 Å². The summed E-state index contributed by atoms with van der Waals surface area (Å²) in [4.78, 5) is 16.2. The van der Waals surface area contributed by atoms with Crippen LogP contribution in [0.4, 0.5) is 0 Å². The van der Waals surface area contributed by atoms with Gasteiger partial charge in [-0.1, -0.05) is 35.0 Å². The van der Waals surface area contributed by atoms with E-state index in [1.54, 1.807) is 30.3 Å². The largest absolute Gasteiger partial charge is 0.451 e. The van der Waals surface area contributed by atoms with Crippen LogP contribution in [0, 0.1) is 0 Å². The molecule has 7 heteroatoms. The minimum Gasteiger partial charge on any atom is -0.451 e. The van der Waals surface area contributed by atoms with E-state index in [-0.39, 0.29) is 11.7 Å². The van der Waals surface area contributed by atoms with Crippen LogP contribution in [-0.4, -0.2) is 23.4 Å². The molecule has 1 amide bonds. The highest BCUT2D eigenvalue weighted by Crippen LogP contribution is 2.29. The van der Waals surface area contributed by atoms with Gasteiger partial charge in [-0.3, -0.25) is 15.1 Å². The predicted molar refractivity (Wildman–Crippen MR) is 86.4 cm³/mol. The molecule has 108 valence electrons. The lowest BCUT2D eigenvalue weighted by atomic mass is 10.2. The molecule has 2 aromatic rings.